The number of H-pyrrole nitrogens is 1. The average Bonchev–Trinajstić information content (AvgIpc) is 3.10. The fourth-order valence-corrected chi connectivity index (χ4v) is 5.63. The fourth-order valence-electron chi connectivity index (χ4n) is 5.63. The van der Waals surface area contributed by atoms with Crippen LogP contribution in [-0.4, -0.2) is 69.9 Å². The summed E-state index contributed by atoms with van der Waals surface area (Å²) in [6.45, 7) is 7.10. The molecule has 0 spiro atoms. The molecule has 2 aliphatic rings. The highest BCUT2D eigenvalue weighted by atomic mass is 19.4. The van der Waals surface area contributed by atoms with Crippen molar-refractivity contribution in [2.24, 2.45) is 0 Å². The van der Waals surface area contributed by atoms with Crippen molar-refractivity contribution in [3.63, 3.8) is 0 Å². The molecule has 0 aliphatic carbocycles. The molecule has 220 valence electrons. The summed E-state index contributed by atoms with van der Waals surface area (Å²) in [5, 5.41) is 0.746. The van der Waals surface area contributed by atoms with E-state index >= 15 is 4.39 Å². The lowest BCUT2D eigenvalue weighted by molar-refractivity contribution is -0.274. The third kappa shape index (κ3) is 6.41. The molecule has 0 radical (unpaired) electrons. The molecule has 1 fully saturated rings. The minimum atomic E-state index is -4.81. The highest BCUT2D eigenvalue weighted by Crippen LogP contribution is 2.38. The lowest BCUT2D eigenvalue weighted by Crippen LogP contribution is -2.38. The predicted octanol–water partition coefficient (Wildman–Crippen LogP) is 5.96. The van der Waals surface area contributed by atoms with Gasteiger partial charge in [0.25, 0.3) is 5.91 Å². The number of hydrogen-bond donors (Lipinski definition) is 1. The maximum absolute atomic E-state index is 15.4. The molecule has 0 bridgehead atoms. The molecule has 3 aromatic rings. The molecule has 8 nitrogen and oxygen atoms in total. The van der Waals surface area contributed by atoms with Crippen LogP contribution >= 0.6 is 0 Å². The number of piperidine rings is 1. The predicted molar refractivity (Wildman–Crippen MR) is 142 cm³/mol. The van der Waals surface area contributed by atoms with Gasteiger partial charge >= 0.3 is 12.5 Å². The van der Waals surface area contributed by atoms with Gasteiger partial charge in [0.05, 0.1) is 6.20 Å². The highest BCUT2D eigenvalue weighted by Gasteiger charge is 2.33. The molecule has 1 N–H and O–H groups in total. The summed E-state index contributed by atoms with van der Waals surface area (Å²) < 4.78 is 62.1. The maximum Gasteiger partial charge on any atom is 0.573 e. The summed E-state index contributed by atoms with van der Waals surface area (Å²) in [5.41, 5.74) is 2.70. The number of fused-ring (bicyclic) bond motifs is 3. The van der Waals surface area contributed by atoms with E-state index < -0.39 is 23.5 Å². The SMILES string of the molecule is CC(C)(C)OC(=O)N1CCc2[nH]c3ncc(F)c(C4CCN(C(=O)c5ccc(OC(F)(F)F)cc5)CC4)c3c2CC1. The van der Waals surface area contributed by atoms with E-state index in [9.17, 15) is 22.8 Å². The summed E-state index contributed by atoms with van der Waals surface area (Å²) in [6, 6.07) is 4.82. The monoisotopic (exact) mass is 576 g/mol. The maximum atomic E-state index is 15.4. The second-order valence-corrected chi connectivity index (χ2v) is 11.4. The summed E-state index contributed by atoms with van der Waals surface area (Å²) >= 11 is 0. The van der Waals surface area contributed by atoms with Crippen LogP contribution in [0.3, 0.4) is 0 Å². The van der Waals surface area contributed by atoms with Crippen LogP contribution in [0.25, 0.3) is 11.0 Å². The van der Waals surface area contributed by atoms with E-state index in [0.29, 0.717) is 63.1 Å². The van der Waals surface area contributed by atoms with Crippen molar-refractivity contribution in [3.05, 3.63) is 58.7 Å². The first kappa shape index (κ1) is 28.7. The van der Waals surface area contributed by atoms with Gasteiger partial charge in [0.2, 0.25) is 0 Å². The number of nitrogens with one attached hydrogen (secondary N) is 1. The first-order valence-electron chi connectivity index (χ1n) is 13.6. The van der Waals surface area contributed by atoms with E-state index in [0.717, 1.165) is 28.8 Å². The first-order valence-corrected chi connectivity index (χ1v) is 13.6. The van der Waals surface area contributed by atoms with E-state index in [1.807, 2.05) is 20.8 Å². The van der Waals surface area contributed by atoms with Gasteiger partial charge in [-0.2, -0.15) is 0 Å². The van der Waals surface area contributed by atoms with Gasteiger partial charge in [-0.15, -0.1) is 13.2 Å². The minimum absolute atomic E-state index is 0.155. The zero-order chi connectivity index (χ0) is 29.5. The Bertz CT molecular complexity index is 1440. The molecule has 0 atom stereocenters. The zero-order valence-electron chi connectivity index (χ0n) is 23.1. The Morgan fingerprint density at radius 1 is 0.976 bits per heavy atom. The smallest absolute Gasteiger partial charge is 0.444 e. The number of nitrogens with zero attached hydrogens (tertiary/aromatic N) is 3. The number of rotatable bonds is 3. The molecule has 2 amide bonds. The Morgan fingerprint density at radius 3 is 2.27 bits per heavy atom. The van der Waals surface area contributed by atoms with Gasteiger partial charge in [-0.1, -0.05) is 0 Å². The van der Waals surface area contributed by atoms with Crippen molar-refractivity contribution in [1.82, 2.24) is 19.8 Å². The molecule has 2 aromatic heterocycles. The lowest BCUT2D eigenvalue weighted by atomic mass is 9.86. The van der Waals surface area contributed by atoms with Crippen molar-refractivity contribution < 1.29 is 36.6 Å². The van der Waals surface area contributed by atoms with Crippen LogP contribution in [0, 0.1) is 5.82 Å². The number of amides is 2. The Labute approximate surface area is 234 Å². The Balaban J connectivity index is 1.30. The van der Waals surface area contributed by atoms with Gasteiger partial charge in [0.1, 0.15) is 22.8 Å². The van der Waals surface area contributed by atoms with Crippen molar-refractivity contribution in [2.75, 3.05) is 26.2 Å². The lowest BCUT2D eigenvalue weighted by Gasteiger charge is -2.33. The number of pyridine rings is 1. The number of aromatic amines is 1. The van der Waals surface area contributed by atoms with Crippen molar-refractivity contribution in [2.45, 2.75) is 64.3 Å². The van der Waals surface area contributed by atoms with E-state index in [-0.39, 0.29) is 23.5 Å². The molecule has 1 aromatic carbocycles. The topological polar surface area (TPSA) is 87.8 Å². The third-order valence-corrected chi connectivity index (χ3v) is 7.45. The highest BCUT2D eigenvalue weighted by molar-refractivity contribution is 5.94. The Hall–Kier alpha value is -3.83. The molecule has 0 saturated carbocycles. The number of benzene rings is 1. The molecule has 12 heteroatoms. The standard InChI is InChI=1S/C29H32F4N4O4/c1-28(2,3)41-27(39)37-14-10-20-22(11-15-37)35-25-24(20)23(21(30)16-34-25)17-8-12-36(13-9-17)26(38)18-4-6-19(7-5-18)40-29(31,32)33/h4-7,16-17H,8-15H2,1-3H3,(H,34,35). The minimum Gasteiger partial charge on any atom is -0.444 e. The van der Waals surface area contributed by atoms with E-state index in [1.165, 1.54) is 18.3 Å². The summed E-state index contributed by atoms with van der Waals surface area (Å²) in [7, 11) is 0. The van der Waals surface area contributed by atoms with Crippen molar-refractivity contribution >= 4 is 23.0 Å². The second-order valence-electron chi connectivity index (χ2n) is 11.4. The van der Waals surface area contributed by atoms with Gasteiger partial charge < -0.3 is 24.3 Å². The van der Waals surface area contributed by atoms with Crippen LogP contribution in [0.2, 0.25) is 0 Å². The summed E-state index contributed by atoms with van der Waals surface area (Å²) in [5.74, 6) is -1.26. The fraction of sp³-hybridized carbons (Fsp3) is 0.483. The quantitative estimate of drug-likeness (QED) is 0.389. The van der Waals surface area contributed by atoms with Gasteiger partial charge in [-0.05, 0) is 75.8 Å². The summed E-state index contributed by atoms with van der Waals surface area (Å²) in [6.07, 6.45) is -1.85. The molecule has 5 rings (SSSR count). The molecule has 0 unspecified atom stereocenters. The first-order chi connectivity index (χ1) is 19.3. The Kier molecular flexibility index (Phi) is 7.60. The molecule has 41 heavy (non-hydrogen) atoms. The van der Waals surface area contributed by atoms with E-state index in [4.69, 9.17) is 4.74 Å². The van der Waals surface area contributed by atoms with E-state index in [1.54, 1.807) is 9.80 Å². The third-order valence-electron chi connectivity index (χ3n) is 7.45. The number of carbonyl (C=O) groups excluding carboxylic acids is 2. The average molecular weight is 577 g/mol. The number of halogens is 4. The molecule has 4 heterocycles. The van der Waals surface area contributed by atoms with Gasteiger partial charge in [-0.25, -0.2) is 14.2 Å². The number of carbonyl (C=O) groups is 2. The van der Waals surface area contributed by atoms with Crippen LogP contribution < -0.4 is 4.74 Å². The van der Waals surface area contributed by atoms with Gasteiger partial charge in [0.15, 0.2) is 0 Å². The van der Waals surface area contributed by atoms with Crippen LogP contribution in [0.1, 0.15) is 66.7 Å². The number of aromatic nitrogens is 2. The Morgan fingerprint density at radius 2 is 1.63 bits per heavy atom. The van der Waals surface area contributed by atoms with Crippen LogP contribution in [-0.2, 0) is 17.6 Å². The zero-order valence-corrected chi connectivity index (χ0v) is 23.1. The van der Waals surface area contributed by atoms with Crippen molar-refractivity contribution in [1.29, 1.82) is 0 Å². The van der Waals surface area contributed by atoms with Crippen LogP contribution in [0.15, 0.2) is 30.5 Å². The normalized spacial score (nSPS) is 16.9. The number of hydrogen-bond acceptors (Lipinski definition) is 5. The summed E-state index contributed by atoms with van der Waals surface area (Å²) in [4.78, 5) is 36.6. The van der Waals surface area contributed by atoms with Crippen LogP contribution in [0.4, 0.5) is 22.4 Å². The van der Waals surface area contributed by atoms with E-state index in [2.05, 4.69) is 14.7 Å². The largest absolute Gasteiger partial charge is 0.573 e. The number of ether oxygens (including phenoxy) is 2. The van der Waals surface area contributed by atoms with Crippen molar-refractivity contribution in [3.8, 4) is 5.75 Å². The second kappa shape index (κ2) is 10.9. The molecular formula is C29H32F4N4O4. The molecule has 2 aliphatic heterocycles. The van der Waals surface area contributed by atoms with Crippen LogP contribution in [0.5, 0.6) is 5.75 Å². The van der Waals surface area contributed by atoms with Gasteiger partial charge in [-0.3, -0.25) is 4.79 Å². The molecule has 1 saturated heterocycles. The van der Waals surface area contributed by atoms with Gasteiger partial charge in [0, 0.05) is 54.8 Å². The number of likely N-dealkylation sites (tertiary alicyclic amines) is 1. The number of alkyl halides is 3. The molecular weight excluding hydrogens is 544 g/mol.